The molecule has 48 heavy (non-hydrogen) atoms. The van der Waals surface area contributed by atoms with Gasteiger partial charge < -0.3 is 28.9 Å². The summed E-state index contributed by atoms with van der Waals surface area (Å²) >= 11 is 1.72. The first-order valence-electron chi connectivity index (χ1n) is 17.5. The maximum absolute atomic E-state index is 13.1. The number of carbonyl (C=O) groups is 1. The number of thiazole rings is 1. The molecule has 10 heteroatoms. The number of piperazine rings is 1. The number of unbranched alkanes of at least 4 members (excludes halogenated alkanes) is 2. The second-order valence-corrected chi connectivity index (χ2v) is 13.7. The minimum Gasteiger partial charge on any atom is -0.494 e. The van der Waals surface area contributed by atoms with Gasteiger partial charge in [-0.25, -0.2) is 4.98 Å². The Labute approximate surface area is 288 Å². The van der Waals surface area contributed by atoms with Crippen LogP contribution in [0.1, 0.15) is 62.7 Å². The lowest BCUT2D eigenvalue weighted by molar-refractivity contribution is 0.0774. The van der Waals surface area contributed by atoms with E-state index in [4.69, 9.17) is 19.2 Å². The lowest BCUT2D eigenvalue weighted by Gasteiger charge is -2.34. The molecule has 3 aromatic rings. The quantitative estimate of drug-likeness (QED) is 0.213. The largest absolute Gasteiger partial charge is 0.494 e. The van der Waals surface area contributed by atoms with E-state index < -0.39 is 0 Å². The molecule has 1 atom stereocenters. The molecule has 4 heterocycles. The monoisotopic (exact) mass is 671 g/mol. The Morgan fingerprint density at radius 2 is 1.58 bits per heavy atom. The molecule has 3 aliphatic rings. The van der Waals surface area contributed by atoms with Gasteiger partial charge in [0.05, 0.1) is 47.5 Å². The lowest BCUT2D eigenvalue weighted by atomic mass is 10.1. The van der Waals surface area contributed by atoms with Crippen LogP contribution in [0.2, 0.25) is 0 Å². The van der Waals surface area contributed by atoms with Crippen molar-refractivity contribution in [3.63, 3.8) is 0 Å². The Hall–Kier alpha value is -3.73. The first-order valence-corrected chi connectivity index (χ1v) is 18.4. The Morgan fingerprint density at radius 1 is 0.875 bits per heavy atom. The van der Waals surface area contributed by atoms with Crippen LogP contribution in [0.3, 0.4) is 0 Å². The second-order valence-electron chi connectivity index (χ2n) is 12.7. The molecule has 3 aliphatic heterocycles. The van der Waals surface area contributed by atoms with Crippen molar-refractivity contribution in [2.75, 3.05) is 66.1 Å². The maximum Gasteiger partial charge on any atom is 0.256 e. The van der Waals surface area contributed by atoms with E-state index in [2.05, 4.69) is 58.1 Å². The predicted octanol–water partition coefficient (Wildman–Crippen LogP) is 5.38. The summed E-state index contributed by atoms with van der Waals surface area (Å²) in [4.78, 5) is 29.5. The predicted molar refractivity (Wildman–Crippen MR) is 195 cm³/mol. The number of nitrogens with zero attached hydrogens (tertiary/aromatic N) is 5. The van der Waals surface area contributed by atoms with Gasteiger partial charge in [0.1, 0.15) is 10.8 Å². The fourth-order valence-electron chi connectivity index (χ4n) is 6.68. The van der Waals surface area contributed by atoms with Crippen LogP contribution < -0.4 is 24.1 Å². The van der Waals surface area contributed by atoms with E-state index in [1.165, 1.54) is 4.53 Å². The van der Waals surface area contributed by atoms with Crippen LogP contribution in [0.4, 0.5) is 5.69 Å². The molecular weight excluding hydrogens is 623 g/mol. The smallest absolute Gasteiger partial charge is 0.256 e. The van der Waals surface area contributed by atoms with E-state index in [1.807, 2.05) is 24.1 Å². The summed E-state index contributed by atoms with van der Waals surface area (Å²) in [5.41, 5.74) is 2.39. The van der Waals surface area contributed by atoms with Crippen LogP contribution in [0.5, 0.6) is 17.2 Å². The minimum absolute atomic E-state index is 0.0307. The third-order valence-corrected chi connectivity index (χ3v) is 10.7. The van der Waals surface area contributed by atoms with Gasteiger partial charge in [0.25, 0.3) is 5.91 Å². The number of carbonyl (C=O) groups excluding carboxylic acids is 1. The molecular formula is C38H49N5O4S. The number of aliphatic imine (C=N–C) groups is 1. The summed E-state index contributed by atoms with van der Waals surface area (Å²) in [7, 11) is 1.62. The van der Waals surface area contributed by atoms with E-state index in [-0.39, 0.29) is 11.9 Å². The average Bonchev–Trinajstić information content (AvgIpc) is 3.75. The highest BCUT2D eigenvalue weighted by molar-refractivity contribution is 7.13. The van der Waals surface area contributed by atoms with Crippen LogP contribution in [0, 0.1) is 0 Å². The van der Waals surface area contributed by atoms with E-state index in [1.54, 1.807) is 24.5 Å². The van der Waals surface area contributed by atoms with Crippen molar-refractivity contribution in [1.29, 1.82) is 0 Å². The molecule has 2 aromatic carbocycles. The molecule has 1 unspecified atom stereocenters. The normalized spacial score (nSPS) is 19.0. The Bertz CT molecular complexity index is 1650. The summed E-state index contributed by atoms with van der Waals surface area (Å²) in [5.74, 6) is 2.19. The van der Waals surface area contributed by atoms with Gasteiger partial charge in [0.15, 0.2) is 11.5 Å². The third kappa shape index (κ3) is 8.28. The second kappa shape index (κ2) is 16.6. The number of benzene rings is 2. The molecule has 0 saturated carbocycles. The molecule has 9 nitrogen and oxygen atoms in total. The van der Waals surface area contributed by atoms with Gasteiger partial charge in [-0.15, -0.1) is 11.3 Å². The molecule has 2 saturated heterocycles. The first kappa shape index (κ1) is 34.1. The standard InChI is InChI=1S/C38H49N5O4S/c1-4-32-36(5-2)48-37(40-32)28-12-14-30(15-13-28)46-23-8-6-16-41-19-21-42(22-20-41)17-7-9-24-47-35-26-33-31(25-34(35)45-3)38(44)43-18-10-11-29(43)27-39-33/h4-5,12-15,25-27,29H,6-11,16-24H2,1-3H3/b32-4+,36-5+. The molecule has 0 radical (unpaired) electrons. The fraction of sp³-hybridized carbons (Fsp3) is 0.500. The van der Waals surface area contributed by atoms with Crippen LogP contribution >= 0.6 is 11.3 Å². The zero-order chi connectivity index (χ0) is 33.3. The maximum atomic E-state index is 13.1. The van der Waals surface area contributed by atoms with Crippen molar-refractivity contribution in [3.8, 4) is 27.8 Å². The zero-order valence-corrected chi connectivity index (χ0v) is 29.5. The van der Waals surface area contributed by atoms with Gasteiger partial charge in [-0.1, -0.05) is 12.2 Å². The number of aromatic nitrogens is 1. The average molecular weight is 672 g/mol. The van der Waals surface area contributed by atoms with Gasteiger partial charge >= 0.3 is 0 Å². The topological polar surface area (TPSA) is 79.7 Å². The van der Waals surface area contributed by atoms with E-state index in [9.17, 15) is 4.79 Å². The van der Waals surface area contributed by atoms with E-state index >= 15 is 0 Å². The molecule has 0 aliphatic carbocycles. The minimum atomic E-state index is 0.0307. The number of rotatable bonds is 14. The van der Waals surface area contributed by atoms with Crippen LogP contribution in [0.25, 0.3) is 22.7 Å². The fourth-order valence-corrected chi connectivity index (χ4v) is 7.67. The van der Waals surface area contributed by atoms with Gasteiger partial charge in [-0.05, 0) is 95.8 Å². The van der Waals surface area contributed by atoms with E-state index in [0.29, 0.717) is 29.4 Å². The first-order chi connectivity index (χ1) is 23.6. The summed E-state index contributed by atoms with van der Waals surface area (Å²) in [6.07, 6.45) is 12.3. The SMILES string of the molecule is C/C=c1/nc(-c2ccc(OCCCCN3CCN(CCCCOc4cc5c(cc4OC)C(=O)N4CCCC4C=N5)CC3)cc2)s/c1=C/C. The molecule has 2 fully saturated rings. The van der Waals surface area contributed by atoms with Crippen molar-refractivity contribution in [2.24, 2.45) is 4.99 Å². The Kier molecular flexibility index (Phi) is 11.8. The van der Waals surface area contributed by atoms with Crippen molar-refractivity contribution in [1.82, 2.24) is 19.7 Å². The highest BCUT2D eigenvalue weighted by Gasteiger charge is 2.32. The molecule has 0 spiro atoms. The number of amides is 1. The summed E-state index contributed by atoms with van der Waals surface area (Å²) in [5, 5.41) is 2.10. The highest BCUT2D eigenvalue weighted by atomic mass is 32.1. The molecule has 0 N–H and O–H groups in total. The van der Waals surface area contributed by atoms with Crippen LogP contribution in [-0.2, 0) is 0 Å². The van der Waals surface area contributed by atoms with Crippen molar-refractivity contribution in [2.45, 2.75) is 58.4 Å². The number of hydrogen-bond acceptors (Lipinski definition) is 9. The summed E-state index contributed by atoms with van der Waals surface area (Å²) < 4.78 is 19.0. The molecule has 0 bridgehead atoms. The van der Waals surface area contributed by atoms with Crippen LogP contribution in [0.15, 0.2) is 41.4 Å². The number of fused-ring (bicyclic) bond motifs is 2. The van der Waals surface area contributed by atoms with Gasteiger partial charge in [-0.2, -0.15) is 0 Å². The van der Waals surface area contributed by atoms with E-state index in [0.717, 1.165) is 113 Å². The van der Waals surface area contributed by atoms with Gasteiger partial charge in [0, 0.05) is 50.6 Å². The molecule has 1 amide bonds. The lowest BCUT2D eigenvalue weighted by Crippen LogP contribution is -2.46. The summed E-state index contributed by atoms with van der Waals surface area (Å²) in [6.45, 7) is 12.9. The molecule has 6 rings (SSSR count). The van der Waals surface area contributed by atoms with Crippen LogP contribution in [-0.4, -0.2) is 104 Å². The highest BCUT2D eigenvalue weighted by Crippen LogP contribution is 2.38. The molecule has 256 valence electrons. The van der Waals surface area contributed by atoms with Crippen molar-refractivity contribution >= 4 is 41.3 Å². The van der Waals surface area contributed by atoms with Crippen molar-refractivity contribution in [3.05, 3.63) is 51.8 Å². The van der Waals surface area contributed by atoms with Crippen molar-refractivity contribution < 1.29 is 19.0 Å². The zero-order valence-electron chi connectivity index (χ0n) is 28.7. The number of methoxy groups -OCH3 is 1. The van der Waals surface area contributed by atoms with Gasteiger partial charge in [-0.3, -0.25) is 9.79 Å². The Morgan fingerprint density at radius 3 is 2.23 bits per heavy atom. The molecule has 1 aromatic heterocycles. The number of hydrogen-bond donors (Lipinski definition) is 0. The summed E-state index contributed by atoms with van der Waals surface area (Å²) in [6, 6.07) is 12.1. The number of ether oxygens (including phenoxy) is 3. The van der Waals surface area contributed by atoms with Gasteiger partial charge in [0.2, 0.25) is 0 Å². The Balaban J connectivity index is 0.841. The third-order valence-electron chi connectivity index (χ3n) is 9.50.